The van der Waals surface area contributed by atoms with E-state index in [1.54, 1.807) is 0 Å². The summed E-state index contributed by atoms with van der Waals surface area (Å²) in [5.74, 6) is 0. The number of rotatable bonds is 7. The van der Waals surface area contributed by atoms with Crippen molar-refractivity contribution in [2.45, 2.75) is 5.41 Å². The van der Waals surface area contributed by atoms with Gasteiger partial charge < -0.3 is 9.47 Å². The summed E-state index contributed by atoms with van der Waals surface area (Å²) in [6.07, 6.45) is 0. The monoisotopic (exact) mass is 726 g/mol. The van der Waals surface area contributed by atoms with Gasteiger partial charge in [-0.3, -0.25) is 0 Å². The summed E-state index contributed by atoms with van der Waals surface area (Å²) < 4.78 is 2.41. The van der Waals surface area contributed by atoms with Crippen LogP contribution in [0.15, 0.2) is 231 Å². The molecule has 1 aromatic heterocycles. The van der Waals surface area contributed by atoms with Crippen molar-refractivity contribution in [1.82, 2.24) is 4.57 Å². The normalized spacial score (nSPS) is 12.7. The highest BCUT2D eigenvalue weighted by atomic mass is 15.1. The standard InChI is InChI=1S/C55H38N2/c1-4-18-39(19-5-1)40-34-36-43(37-35-40)56(44-24-16-25-45(38-44)57-51-31-14-11-26-46(51)47-27-12-15-32-52(47)57)53-33-17-30-50-54(53)48-28-10-13-29-49(48)55(50,41-20-6-2-7-21-41)42-22-8-3-9-23-42/h1-38H. The molecule has 0 amide bonds. The topological polar surface area (TPSA) is 8.17 Å². The van der Waals surface area contributed by atoms with Gasteiger partial charge in [-0.1, -0.05) is 182 Å². The zero-order valence-corrected chi connectivity index (χ0v) is 31.3. The van der Waals surface area contributed by atoms with Crippen molar-refractivity contribution in [1.29, 1.82) is 0 Å². The molecule has 1 aliphatic rings. The van der Waals surface area contributed by atoms with Gasteiger partial charge in [-0.05, 0) is 87.5 Å². The fourth-order valence-corrected chi connectivity index (χ4v) is 9.49. The van der Waals surface area contributed by atoms with Gasteiger partial charge in [0, 0.05) is 33.4 Å². The van der Waals surface area contributed by atoms with Crippen molar-refractivity contribution in [2.24, 2.45) is 0 Å². The molecule has 2 heteroatoms. The lowest BCUT2D eigenvalue weighted by atomic mass is 9.68. The van der Waals surface area contributed by atoms with Crippen LogP contribution in [-0.2, 0) is 5.41 Å². The first-order chi connectivity index (χ1) is 28.3. The van der Waals surface area contributed by atoms with Crippen molar-refractivity contribution in [2.75, 3.05) is 4.90 Å². The van der Waals surface area contributed by atoms with Crippen molar-refractivity contribution in [3.05, 3.63) is 253 Å². The molecule has 2 nitrogen and oxygen atoms in total. The number of hydrogen-bond donors (Lipinski definition) is 0. The Morgan fingerprint density at radius 2 is 0.895 bits per heavy atom. The van der Waals surface area contributed by atoms with Crippen LogP contribution in [0, 0.1) is 0 Å². The molecule has 0 fully saturated rings. The lowest BCUT2D eigenvalue weighted by Gasteiger charge is -2.34. The maximum absolute atomic E-state index is 2.47. The van der Waals surface area contributed by atoms with E-state index in [9.17, 15) is 0 Å². The molecule has 0 bridgehead atoms. The number of aromatic nitrogens is 1. The summed E-state index contributed by atoms with van der Waals surface area (Å²) in [6.45, 7) is 0. The van der Waals surface area contributed by atoms with E-state index in [1.807, 2.05) is 0 Å². The van der Waals surface area contributed by atoms with Crippen LogP contribution < -0.4 is 4.90 Å². The second-order valence-corrected chi connectivity index (χ2v) is 14.9. The summed E-state index contributed by atoms with van der Waals surface area (Å²) in [6, 6.07) is 84.2. The molecule has 0 saturated heterocycles. The molecule has 57 heavy (non-hydrogen) atoms. The van der Waals surface area contributed by atoms with E-state index >= 15 is 0 Å². The number of fused-ring (bicyclic) bond motifs is 6. The molecule has 9 aromatic carbocycles. The minimum Gasteiger partial charge on any atom is -0.310 e. The van der Waals surface area contributed by atoms with E-state index in [4.69, 9.17) is 0 Å². The Labute approximate surface area is 333 Å². The lowest BCUT2D eigenvalue weighted by Crippen LogP contribution is -2.28. The highest BCUT2D eigenvalue weighted by molar-refractivity contribution is 6.09. The van der Waals surface area contributed by atoms with Gasteiger partial charge in [0.15, 0.2) is 0 Å². The number of benzene rings is 9. The van der Waals surface area contributed by atoms with Crippen LogP contribution in [-0.4, -0.2) is 4.57 Å². The predicted octanol–water partition coefficient (Wildman–Crippen LogP) is 14.3. The third-order valence-electron chi connectivity index (χ3n) is 11.9. The van der Waals surface area contributed by atoms with E-state index in [-0.39, 0.29) is 0 Å². The fraction of sp³-hybridized carbons (Fsp3) is 0.0182. The molecule has 0 atom stereocenters. The molecule has 0 spiro atoms. The average molecular weight is 727 g/mol. The highest BCUT2D eigenvalue weighted by Crippen LogP contribution is 2.59. The Morgan fingerprint density at radius 1 is 0.368 bits per heavy atom. The minimum atomic E-state index is -0.502. The van der Waals surface area contributed by atoms with Crippen LogP contribution in [0.5, 0.6) is 0 Å². The first kappa shape index (κ1) is 33.0. The van der Waals surface area contributed by atoms with E-state index < -0.39 is 5.41 Å². The molecular weight excluding hydrogens is 689 g/mol. The zero-order chi connectivity index (χ0) is 37.8. The number of para-hydroxylation sites is 2. The SMILES string of the molecule is c1ccc(-c2ccc(N(c3cccc(-n4c5ccccc5c5ccccc54)c3)c3cccc4c3-c3ccccc3C4(c3ccccc3)c3ccccc3)cc2)cc1. The molecule has 0 N–H and O–H groups in total. The van der Waals surface area contributed by atoms with Gasteiger partial charge in [-0.2, -0.15) is 0 Å². The summed E-state index contributed by atoms with van der Waals surface area (Å²) in [5.41, 5.74) is 16.3. The van der Waals surface area contributed by atoms with Crippen LogP contribution >= 0.6 is 0 Å². The van der Waals surface area contributed by atoms with Gasteiger partial charge in [0.25, 0.3) is 0 Å². The summed E-state index contributed by atoms with van der Waals surface area (Å²) in [4.78, 5) is 2.47. The fourth-order valence-electron chi connectivity index (χ4n) is 9.49. The van der Waals surface area contributed by atoms with Crippen molar-refractivity contribution < 1.29 is 0 Å². The van der Waals surface area contributed by atoms with Gasteiger partial charge >= 0.3 is 0 Å². The smallest absolute Gasteiger partial charge is 0.0714 e. The van der Waals surface area contributed by atoms with Crippen LogP contribution in [0.25, 0.3) is 49.7 Å². The largest absolute Gasteiger partial charge is 0.310 e. The van der Waals surface area contributed by atoms with E-state index in [0.717, 1.165) is 22.7 Å². The van der Waals surface area contributed by atoms with Crippen LogP contribution in [0.1, 0.15) is 22.3 Å². The Balaban J connectivity index is 1.18. The first-order valence-corrected chi connectivity index (χ1v) is 19.7. The molecule has 10 aromatic rings. The molecule has 1 heterocycles. The molecule has 0 saturated carbocycles. The Morgan fingerprint density at radius 3 is 1.56 bits per heavy atom. The molecule has 0 aliphatic heterocycles. The Kier molecular flexibility index (Phi) is 7.75. The Hall–Kier alpha value is -7.42. The van der Waals surface area contributed by atoms with E-state index in [2.05, 4.69) is 240 Å². The van der Waals surface area contributed by atoms with Crippen LogP contribution in [0.4, 0.5) is 17.1 Å². The second-order valence-electron chi connectivity index (χ2n) is 14.9. The third-order valence-corrected chi connectivity index (χ3v) is 11.9. The average Bonchev–Trinajstić information content (AvgIpc) is 3.79. The number of nitrogens with zero attached hydrogens (tertiary/aromatic N) is 2. The van der Waals surface area contributed by atoms with E-state index in [0.29, 0.717) is 0 Å². The predicted molar refractivity (Wildman–Crippen MR) is 238 cm³/mol. The molecule has 11 rings (SSSR count). The maximum Gasteiger partial charge on any atom is 0.0714 e. The molecular formula is C55H38N2. The lowest BCUT2D eigenvalue weighted by molar-refractivity contribution is 0.768. The number of hydrogen-bond acceptors (Lipinski definition) is 1. The molecule has 1 aliphatic carbocycles. The van der Waals surface area contributed by atoms with E-state index in [1.165, 1.54) is 66.3 Å². The van der Waals surface area contributed by atoms with Crippen LogP contribution in [0.2, 0.25) is 0 Å². The van der Waals surface area contributed by atoms with Gasteiger partial charge in [0.05, 0.1) is 22.1 Å². The van der Waals surface area contributed by atoms with Crippen molar-refractivity contribution >= 4 is 38.9 Å². The van der Waals surface area contributed by atoms with Gasteiger partial charge in [0.2, 0.25) is 0 Å². The second kappa shape index (κ2) is 13.4. The first-order valence-electron chi connectivity index (χ1n) is 19.7. The summed E-state index contributed by atoms with van der Waals surface area (Å²) in [5, 5.41) is 2.50. The van der Waals surface area contributed by atoms with Crippen LogP contribution in [0.3, 0.4) is 0 Å². The number of anilines is 3. The minimum absolute atomic E-state index is 0.502. The van der Waals surface area contributed by atoms with Crippen molar-refractivity contribution in [3.8, 4) is 27.9 Å². The quantitative estimate of drug-likeness (QED) is 0.159. The van der Waals surface area contributed by atoms with Crippen molar-refractivity contribution in [3.63, 3.8) is 0 Å². The molecule has 0 radical (unpaired) electrons. The van der Waals surface area contributed by atoms with Gasteiger partial charge in [-0.15, -0.1) is 0 Å². The third kappa shape index (κ3) is 5.11. The van der Waals surface area contributed by atoms with Gasteiger partial charge in [0.1, 0.15) is 0 Å². The molecule has 0 unspecified atom stereocenters. The summed E-state index contributed by atoms with van der Waals surface area (Å²) >= 11 is 0. The highest BCUT2D eigenvalue weighted by Gasteiger charge is 2.47. The zero-order valence-electron chi connectivity index (χ0n) is 31.3. The maximum atomic E-state index is 2.47. The van der Waals surface area contributed by atoms with Gasteiger partial charge in [-0.25, -0.2) is 0 Å². The summed E-state index contributed by atoms with van der Waals surface area (Å²) in [7, 11) is 0. The Bertz CT molecular complexity index is 2960. The molecule has 268 valence electrons.